The molecule has 0 aliphatic heterocycles. The molecule has 0 saturated heterocycles. The van der Waals surface area contributed by atoms with Gasteiger partial charge in [-0.1, -0.05) is 31.5 Å². The fourth-order valence-corrected chi connectivity index (χ4v) is 2.93. The van der Waals surface area contributed by atoms with E-state index >= 15 is 0 Å². The number of aromatic nitrogens is 1. The first-order valence-electron chi connectivity index (χ1n) is 10.5. The van der Waals surface area contributed by atoms with Crippen LogP contribution in [0.4, 0.5) is 15.8 Å². The number of pyridine rings is 1. The van der Waals surface area contributed by atoms with Crippen LogP contribution < -0.4 is 10.8 Å². The second-order valence-corrected chi connectivity index (χ2v) is 7.75. The van der Waals surface area contributed by atoms with E-state index < -0.39 is 17.5 Å². The number of aliphatic hydroxyl groups is 1. The van der Waals surface area contributed by atoms with E-state index in [4.69, 9.17) is 25.6 Å². The van der Waals surface area contributed by atoms with E-state index in [0.717, 1.165) is 5.56 Å². The number of carbonyl (C=O) groups excluding carboxylic acids is 1. The monoisotopic (exact) mass is 481 g/mol. The van der Waals surface area contributed by atoms with Crippen molar-refractivity contribution in [2.45, 2.75) is 46.8 Å². The van der Waals surface area contributed by atoms with Gasteiger partial charge in [0.1, 0.15) is 16.5 Å². The molecule has 0 saturated carbocycles. The number of halogens is 2. The predicted molar refractivity (Wildman–Crippen MR) is 125 cm³/mol. The first-order chi connectivity index (χ1) is 15.7. The second-order valence-electron chi connectivity index (χ2n) is 7.34. The van der Waals surface area contributed by atoms with Gasteiger partial charge in [0.15, 0.2) is 11.4 Å². The number of rotatable bonds is 9. The summed E-state index contributed by atoms with van der Waals surface area (Å²) in [7, 11) is 0. The van der Waals surface area contributed by atoms with Crippen LogP contribution in [0.2, 0.25) is 5.02 Å². The van der Waals surface area contributed by atoms with E-state index in [-0.39, 0.29) is 41.0 Å². The molecule has 0 aliphatic carbocycles. The summed E-state index contributed by atoms with van der Waals surface area (Å²) in [6.45, 7) is 9.18. The maximum Gasteiger partial charge on any atom is 0.312 e. The van der Waals surface area contributed by atoms with Gasteiger partial charge >= 0.3 is 5.91 Å². The van der Waals surface area contributed by atoms with Crippen molar-refractivity contribution < 1.29 is 28.3 Å². The van der Waals surface area contributed by atoms with E-state index in [1.54, 1.807) is 19.1 Å². The maximum absolute atomic E-state index is 14.4. The van der Waals surface area contributed by atoms with Crippen molar-refractivity contribution in [3.05, 3.63) is 52.8 Å². The van der Waals surface area contributed by atoms with Crippen molar-refractivity contribution in [1.82, 2.24) is 10.5 Å². The highest BCUT2D eigenvalue weighted by Crippen LogP contribution is 2.36. The van der Waals surface area contributed by atoms with Crippen LogP contribution in [0.1, 0.15) is 50.2 Å². The first-order valence-corrected chi connectivity index (χ1v) is 10.9. The maximum atomic E-state index is 14.4. The number of carbonyl (C=O) groups is 1. The van der Waals surface area contributed by atoms with Crippen LogP contribution in [-0.4, -0.2) is 35.0 Å². The van der Waals surface area contributed by atoms with Gasteiger partial charge in [-0.3, -0.25) is 14.6 Å². The number of anilines is 2. The number of ether oxygens (including phenoxy) is 1. The number of hydrogen-bond donors (Lipinski definition) is 3. The van der Waals surface area contributed by atoms with Crippen LogP contribution in [0.25, 0.3) is 11.0 Å². The largest absolute Gasteiger partial charge is 0.447 e. The SMILES string of the molecule is CC.Cc1ccc(Nc2c(C(=O)NOCCCOC(C)(C)O)oc3c(Cl)cncc23)c(F)c1. The third-order valence-electron chi connectivity index (χ3n) is 4.15. The lowest BCUT2D eigenvalue weighted by atomic mass is 10.2. The van der Waals surface area contributed by atoms with Crippen LogP contribution in [0, 0.1) is 12.7 Å². The molecule has 2 aromatic heterocycles. The van der Waals surface area contributed by atoms with Crippen molar-refractivity contribution in [3.63, 3.8) is 0 Å². The van der Waals surface area contributed by atoms with Crippen LogP contribution in [0.5, 0.6) is 0 Å². The second kappa shape index (κ2) is 11.9. The molecule has 1 amide bonds. The van der Waals surface area contributed by atoms with Crippen LogP contribution in [0.3, 0.4) is 0 Å². The topological polar surface area (TPSA) is 106 Å². The Balaban J connectivity index is 0.00000187. The number of nitrogens with zero attached hydrogens (tertiary/aromatic N) is 1. The summed E-state index contributed by atoms with van der Waals surface area (Å²) in [5, 5.41) is 13.0. The molecule has 0 radical (unpaired) electrons. The number of nitrogens with one attached hydrogen (secondary N) is 2. The molecule has 10 heteroatoms. The number of hydroxylamine groups is 1. The molecule has 33 heavy (non-hydrogen) atoms. The fraction of sp³-hybridized carbons (Fsp3) is 0.391. The molecule has 0 unspecified atom stereocenters. The summed E-state index contributed by atoms with van der Waals surface area (Å²) in [6.07, 6.45) is 3.27. The van der Waals surface area contributed by atoms with Gasteiger partial charge < -0.3 is 19.6 Å². The third kappa shape index (κ3) is 7.40. The van der Waals surface area contributed by atoms with Crippen molar-refractivity contribution in [2.24, 2.45) is 0 Å². The number of amides is 1. The Kier molecular flexibility index (Phi) is 9.60. The summed E-state index contributed by atoms with van der Waals surface area (Å²) in [6, 6.07) is 4.66. The number of aryl methyl sites for hydroxylation is 1. The van der Waals surface area contributed by atoms with Crippen LogP contribution >= 0.6 is 11.6 Å². The molecule has 0 bridgehead atoms. The quantitative estimate of drug-likeness (QED) is 0.210. The van der Waals surface area contributed by atoms with Crippen LogP contribution in [-0.2, 0) is 9.57 Å². The summed E-state index contributed by atoms with van der Waals surface area (Å²) >= 11 is 6.15. The molecule has 180 valence electrons. The Bertz CT molecular complexity index is 1080. The Morgan fingerprint density at radius 2 is 2.00 bits per heavy atom. The molecule has 3 N–H and O–H groups in total. The number of fused-ring (bicyclic) bond motifs is 1. The minimum absolute atomic E-state index is 0.139. The summed E-state index contributed by atoms with van der Waals surface area (Å²) in [4.78, 5) is 21.8. The lowest BCUT2D eigenvalue weighted by Crippen LogP contribution is -2.27. The lowest BCUT2D eigenvalue weighted by Gasteiger charge is -2.17. The molecule has 8 nitrogen and oxygen atoms in total. The van der Waals surface area contributed by atoms with Gasteiger partial charge in [-0.25, -0.2) is 9.87 Å². The zero-order valence-corrected chi connectivity index (χ0v) is 20.0. The molecule has 1 aromatic carbocycles. The molecule has 2 heterocycles. The molecule has 0 atom stereocenters. The smallest absolute Gasteiger partial charge is 0.312 e. The Hall–Kier alpha value is -2.72. The van der Waals surface area contributed by atoms with Gasteiger partial charge in [-0.15, -0.1) is 0 Å². The van der Waals surface area contributed by atoms with Crippen molar-refractivity contribution in [3.8, 4) is 0 Å². The highest BCUT2D eigenvalue weighted by molar-refractivity contribution is 6.35. The molecular formula is C23H29ClFN3O5. The highest BCUT2D eigenvalue weighted by Gasteiger charge is 2.24. The van der Waals surface area contributed by atoms with Crippen molar-refractivity contribution in [2.75, 3.05) is 18.5 Å². The van der Waals surface area contributed by atoms with Gasteiger partial charge in [0, 0.05) is 12.4 Å². The average molecular weight is 482 g/mol. The number of furan rings is 1. The minimum atomic E-state index is -1.24. The molecule has 0 fully saturated rings. The van der Waals surface area contributed by atoms with Gasteiger partial charge in [-0.2, -0.15) is 0 Å². The zero-order valence-electron chi connectivity index (χ0n) is 19.3. The molecule has 0 aliphatic rings. The fourth-order valence-electron chi connectivity index (χ4n) is 2.74. The Morgan fingerprint density at radius 3 is 2.67 bits per heavy atom. The van der Waals surface area contributed by atoms with Crippen LogP contribution in [0.15, 0.2) is 35.0 Å². The number of hydrogen-bond acceptors (Lipinski definition) is 7. The number of benzene rings is 1. The highest BCUT2D eigenvalue weighted by atomic mass is 35.5. The van der Waals surface area contributed by atoms with E-state index in [9.17, 15) is 14.3 Å². The predicted octanol–water partition coefficient (Wildman–Crippen LogP) is 5.50. The van der Waals surface area contributed by atoms with Gasteiger partial charge in [-0.05, 0) is 44.9 Å². The van der Waals surface area contributed by atoms with E-state index in [0.29, 0.717) is 11.8 Å². The summed E-state index contributed by atoms with van der Waals surface area (Å²) in [5.74, 6) is -2.56. The zero-order chi connectivity index (χ0) is 24.6. The van der Waals surface area contributed by atoms with Crippen molar-refractivity contribution >= 4 is 39.9 Å². The first kappa shape index (κ1) is 26.5. The van der Waals surface area contributed by atoms with E-state index in [2.05, 4.69) is 15.8 Å². The molecule has 3 rings (SSSR count). The minimum Gasteiger partial charge on any atom is -0.447 e. The van der Waals surface area contributed by atoms with Gasteiger partial charge in [0.25, 0.3) is 0 Å². The van der Waals surface area contributed by atoms with Gasteiger partial charge in [0.2, 0.25) is 5.76 Å². The Morgan fingerprint density at radius 1 is 1.27 bits per heavy atom. The Labute approximate surface area is 197 Å². The van der Waals surface area contributed by atoms with Crippen molar-refractivity contribution in [1.29, 1.82) is 0 Å². The van der Waals surface area contributed by atoms with E-state index in [1.807, 2.05) is 13.8 Å². The molecule has 3 aromatic rings. The average Bonchev–Trinajstić information content (AvgIpc) is 3.13. The summed E-state index contributed by atoms with van der Waals surface area (Å²) in [5.41, 5.74) is 3.63. The summed E-state index contributed by atoms with van der Waals surface area (Å²) < 4.78 is 25.2. The normalized spacial score (nSPS) is 11.2. The molecular weight excluding hydrogens is 453 g/mol. The van der Waals surface area contributed by atoms with Gasteiger partial charge in [0.05, 0.1) is 24.3 Å². The third-order valence-corrected chi connectivity index (χ3v) is 4.42. The van der Waals surface area contributed by atoms with E-state index in [1.165, 1.54) is 32.3 Å². The lowest BCUT2D eigenvalue weighted by molar-refractivity contribution is -0.178. The standard InChI is InChI=1S/C21H23ClFN3O5.C2H6/c1-12-5-6-16(15(23)9-12)25-17-13-10-24-11-14(22)18(13)31-19(17)20(27)26-30-8-4-7-29-21(2,3)28;1-2/h5-6,9-11,25,28H,4,7-8H2,1-3H3,(H,26,27);1-2H3. The molecule has 0 spiro atoms.